The average Bonchev–Trinajstić information content (AvgIpc) is 2.65. The molecular weight excluding hydrogens is 282 g/mol. The quantitative estimate of drug-likeness (QED) is 0.686. The molecule has 1 atom stereocenters. The summed E-state index contributed by atoms with van der Waals surface area (Å²) in [4.78, 5) is 25.4. The first-order valence-electron chi connectivity index (χ1n) is 6.64. The normalized spacial score (nSPS) is 18.9. The number of likely N-dealkylation sites (tertiary alicyclic amines) is 1. The average molecular weight is 308 g/mol. The predicted molar refractivity (Wildman–Crippen MR) is 80.0 cm³/mol. The Bertz CT molecular complexity index is 331. The highest BCUT2D eigenvalue weighted by molar-refractivity contribution is 5.85. The van der Waals surface area contributed by atoms with Crippen LogP contribution in [0.1, 0.15) is 27.2 Å². The number of methoxy groups -OCH3 is 1. The number of nitrogens with zero attached hydrogens (tertiary/aromatic N) is 1. The van der Waals surface area contributed by atoms with Crippen LogP contribution in [-0.4, -0.2) is 61.6 Å². The molecule has 20 heavy (non-hydrogen) atoms. The lowest BCUT2D eigenvalue weighted by Crippen LogP contribution is -2.46. The molecule has 0 aliphatic carbocycles. The number of hydrogen-bond acceptors (Lipinski definition) is 4. The van der Waals surface area contributed by atoms with E-state index in [4.69, 9.17) is 4.74 Å². The minimum atomic E-state index is -0.187. The molecule has 1 heterocycles. The molecule has 0 radical (unpaired) electrons. The summed E-state index contributed by atoms with van der Waals surface area (Å²) in [7, 11) is 1.62. The van der Waals surface area contributed by atoms with Crippen LogP contribution in [0.5, 0.6) is 0 Å². The van der Waals surface area contributed by atoms with Crippen molar-refractivity contribution in [1.82, 2.24) is 15.5 Å². The van der Waals surface area contributed by atoms with Crippen molar-refractivity contribution in [3.63, 3.8) is 0 Å². The van der Waals surface area contributed by atoms with Crippen molar-refractivity contribution in [2.45, 2.75) is 38.8 Å². The second kappa shape index (κ2) is 8.44. The van der Waals surface area contributed by atoms with E-state index < -0.39 is 0 Å². The molecule has 1 unspecified atom stereocenters. The van der Waals surface area contributed by atoms with Crippen LogP contribution < -0.4 is 10.6 Å². The fourth-order valence-corrected chi connectivity index (χ4v) is 2.11. The van der Waals surface area contributed by atoms with Crippen molar-refractivity contribution in [3.05, 3.63) is 0 Å². The molecule has 2 amide bonds. The third kappa shape index (κ3) is 6.07. The summed E-state index contributed by atoms with van der Waals surface area (Å²) in [6.45, 7) is 8.06. The lowest BCUT2D eigenvalue weighted by atomic mass is 10.1. The van der Waals surface area contributed by atoms with Gasteiger partial charge in [0.05, 0.1) is 19.2 Å². The number of ether oxygens (including phenoxy) is 1. The maximum Gasteiger partial charge on any atom is 0.234 e. The molecule has 1 saturated heterocycles. The second-order valence-corrected chi connectivity index (χ2v) is 5.81. The van der Waals surface area contributed by atoms with Gasteiger partial charge >= 0.3 is 0 Å². The molecule has 6 nitrogen and oxygen atoms in total. The second-order valence-electron chi connectivity index (χ2n) is 5.81. The van der Waals surface area contributed by atoms with Gasteiger partial charge in [-0.15, -0.1) is 12.4 Å². The van der Waals surface area contributed by atoms with E-state index >= 15 is 0 Å². The van der Waals surface area contributed by atoms with Crippen molar-refractivity contribution in [3.8, 4) is 0 Å². The van der Waals surface area contributed by atoms with E-state index in [2.05, 4.69) is 10.6 Å². The first kappa shape index (κ1) is 19.1. The molecule has 0 saturated carbocycles. The van der Waals surface area contributed by atoms with Crippen molar-refractivity contribution >= 4 is 24.2 Å². The third-order valence-corrected chi connectivity index (χ3v) is 3.07. The Hall–Kier alpha value is -0.850. The van der Waals surface area contributed by atoms with Crippen molar-refractivity contribution in [2.75, 3.05) is 33.4 Å². The van der Waals surface area contributed by atoms with Crippen LogP contribution in [0, 0.1) is 0 Å². The molecular formula is C13H26ClN3O3. The van der Waals surface area contributed by atoms with Gasteiger partial charge in [0, 0.05) is 32.2 Å². The monoisotopic (exact) mass is 307 g/mol. The van der Waals surface area contributed by atoms with Gasteiger partial charge in [0.25, 0.3) is 0 Å². The maximum atomic E-state index is 11.9. The summed E-state index contributed by atoms with van der Waals surface area (Å²) in [5.74, 6) is 0.0230. The van der Waals surface area contributed by atoms with Crippen molar-refractivity contribution < 1.29 is 14.3 Å². The van der Waals surface area contributed by atoms with E-state index in [1.165, 1.54) is 0 Å². The van der Waals surface area contributed by atoms with E-state index in [1.807, 2.05) is 25.7 Å². The Morgan fingerprint density at radius 2 is 2.10 bits per heavy atom. The van der Waals surface area contributed by atoms with Gasteiger partial charge in [-0.25, -0.2) is 0 Å². The van der Waals surface area contributed by atoms with Gasteiger partial charge in [-0.05, 0) is 20.8 Å². The number of hydrogen-bond donors (Lipinski definition) is 2. The third-order valence-electron chi connectivity index (χ3n) is 3.07. The zero-order chi connectivity index (χ0) is 14.5. The Kier molecular flexibility index (Phi) is 8.08. The Balaban J connectivity index is 0.00000361. The van der Waals surface area contributed by atoms with Crippen LogP contribution in [0.15, 0.2) is 0 Å². The largest absolute Gasteiger partial charge is 0.383 e. The highest BCUT2D eigenvalue weighted by Gasteiger charge is 2.36. The molecule has 1 aliphatic heterocycles. The molecule has 7 heteroatoms. The number of carbonyl (C=O) groups excluding carboxylic acids is 2. The molecule has 1 rings (SSSR count). The van der Waals surface area contributed by atoms with Gasteiger partial charge in [0.2, 0.25) is 11.8 Å². The predicted octanol–water partition coefficient (Wildman–Crippen LogP) is 0.160. The minimum absolute atomic E-state index is 0. The Morgan fingerprint density at radius 3 is 2.60 bits per heavy atom. The highest BCUT2D eigenvalue weighted by Crippen LogP contribution is 2.21. The van der Waals surface area contributed by atoms with Crippen LogP contribution in [-0.2, 0) is 14.3 Å². The highest BCUT2D eigenvalue weighted by atomic mass is 35.5. The summed E-state index contributed by atoms with van der Waals surface area (Å²) >= 11 is 0. The topological polar surface area (TPSA) is 70.7 Å². The molecule has 2 N–H and O–H groups in total. The zero-order valence-corrected chi connectivity index (χ0v) is 13.5. The maximum absolute atomic E-state index is 11.9. The van der Waals surface area contributed by atoms with E-state index in [9.17, 15) is 9.59 Å². The van der Waals surface area contributed by atoms with Gasteiger partial charge in [-0.1, -0.05) is 0 Å². The van der Waals surface area contributed by atoms with Crippen molar-refractivity contribution in [1.29, 1.82) is 0 Å². The van der Waals surface area contributed by atoms with E-state index in [-0.39, 0.29) is 42.3 Å². The fourth-order valence-electron chi connectivity index (χ4n) is 2.11. The first-order chi connectivity index (χ1) is 8.84. The summed E-state index contributed by atoms with van der Waals surface area (Å²) in [6, 6.07) is -0.0801. The fraction of sp³-hybridized carbons (Fsp3) is 0.846. The van der Waals surface area contributed by atoms with E-state index in [0.717, 1.165) is 0 Å². The van der Waals surface area contributed by atoms with Crippen LogP contribution in [0.4, 0.5) is 0 Å². The summed E-state index contributed by atoms with van der Waals surface area (Å²) < 4.78 is 4.88. The number of rotatable bonds is 6. The zero-order valence-electron chi connectivity index (χ0n) is 12.7. The molecule has 118 valence electrons. The number of halogens is 1. The molecule has 1 aliphatic rings. The minimum Gasteiger partial charge on any atom is -0.383 e. The van der Waals surface area contributed by atoms with Gasteiger partial charge in [0.1, 0.15) is 0 Å². The standard InChI is InChI=1S/C13H25N3O3.ClH/c1-13(2,3)16-9-10(7-12(16)18)15-11(17)8-14-5-6-19-4;/h10,14H,5-9H2,1-4H3,(H,15,17);1H. The summed E-state index contributed by atoms with van der Waals surface area (Å²) in [5, 5.41) is 5.86. The lowest BCUT2D eigenvalue weighted by molar-refractivity contribution is -0.131. The van der Waals surface area contributed by atoms with E-state index in [1.54, 1.807) is 7.11 Å². The molecule has 0 aromatic carbocycles. The first-order valence-corrected chi connectivity index (χ1v) is 6.64. The smallest absolute Gasteiger partial charge is 0.234 e. The van der Waals surface area contributed by atoms with Crippen LogP contribution in [0.25, 0.3) is 0 Å². The van der Waals surface area contributed by atoms with Crippen molar-refractivity contribution in [2.24, 2.45) is 0 Å². The van der Waals surface area contributed by atoms with E-state index in [0.29, 0.717) is 26.1 Å². The SMILES string of the molecule is COCCNCC(=O)NC1CC(=O)N(C(C)(C)C)C1.Cl. The summed E-state index contributed by atoms with van der Waals surface area (Å²) in [6.07, 6.45) is 0.390. The molecule has 0 spiro atoms. The van der Waals surface area contributed by atoms with Crippen LogP contribution >= 0.6 is 12.4 Å². The van der Waals surface area contributed by atoms with Crippen LogP contribution in [0.2, 0.25) is 0 Å². The molecule has 0 aromatic rings. The Morgan fingerprint density at radius 1 is 1.45 bits per heavy atom. The molecule has 0 aromatic heterocycles. The summed E-state index contributed by atoms with van der Waals surface area (Å²) in [5.41, 5.74) is -0.187. The van der Waals surface area contributed by atoms with Gasteiger partial charge in [0.15, 0.2) is 0 Å². The molecule has 1 fully saturated rings. The number of carbonyl (C=O) groups is 2. The van der Waals surface area contributed by atoms with Gasteiger partial charge in [-0.3, -0.25) is 9.59 Å². The Labute approximate surface area is 127 Å². The van der Waals surface area contributed by atoms with Gasteiger partial charge in [-0.2, -0.15) is 0 Å². The van der Waals surface area contributed by atoms with Gasteiger partial charge < -0.3 is 20.3 Å². The number of nitrogens with one attached hydrogen (secondary N) is 2. The number of amides is 2. The molecule has 0 bridgehead atoms. The lowest BCUT2D eigenvalue weighted by Gasteiger charge is -2.32. The van der Waals surface area contributed by atoms with Crippen LogP contribution in [0.3, 0.4) is 0 Å².